The highest BCUT2D eigenvalue weighted by Crippen LogP contribution is 2.43. The maximum atomic E-state index is 11.9. The van der Waals surface area contributed by atoms with Gasteiger partial charge in [0.15, 0.2) is 0 Å². The van der Waals surface area contributed by atoms with E-state index in [2.05, 4.69) is 36.9 Å². The first-order valence-corrected chi connectivity index (χ1v) is 9.65. The van der Waals surface area contributed by atoms with Crippen molar-refractivity contribution in [3.63, 3.8) is 0 Å². The molecule has 5 nitrogen and oxygen atoms in total. The van der Waals surface area contributed by atoms with Crippen LogP contribution in [0.2, 0.25) is 0 Å². The second-order valence-corrected chi connectivity index (χ2v) is 8.15. The van der Waals surface area contributed by atoms with Gasteiger partial charge in [0.25, 0.3) is 0 Å². The van der Waals surface area contributed by atoms with Crippen LogP contribution in [0.4, 0.5) is 0 Å². The smallest absolute Gasteiger partial charge is 0.219 e. The molecule has 0 radical (unpaired) electrons. The number of likely N-dealkylation sites (tertiary alicyclic amines) is 2. The standard InChI is InChI=1S/C21H32N2O3/c1-16(2)26-20-8-6-5-7-18(20)11-22-10-9-21(15-25-4)14-23(17(3)24)13-19(21)12-22/h5-8,16,19H,9-15H2,1-4H3. The molecule has 144 valence electrons. The summed E-state index contributed by atoms with van der Waals surface area (Å²) in [5.41, 5.74) is 1.35. The number of fused-ring (bicyclic) bond motifs is 1. The monoisotopic (exact) mass is 360 g/mol. The van der Waals surface area contributed by atoms with E-state index in [0.29, 0.717) is 5.92 Å². The van der Waals surface area contributed by atoms with Crippen LogP contribution >= 0.6 is 0 Å². The van der Waals surface area contributed by atoms with Gasteiger partial charge in [0.2, 0.25) is 5.91 Å². The molecule has 2 saturated heterocycles. The first-order chi connectivity index (χ1) is 12.4. The lowest BCUT2D eigenvalue weighted by Crippen LogP contribution is -2.48. The molecule has 2 fully saturated rings. The van der Waals surface area contributed by atoms with Gasteiger partial charge in [-0.2, -0.15) is 0 Å². The Hall–Kier alpha value is -1.59. The van der Waals surface area contributed by atoms with E-state index < -0.39 is 0 Å². The Bertz CT molecular complexity index is 633. The van der Waals surface area contributed by atoms with E-state index in [4.69, 9.17) is 9.47 Å². The van der Waals surface area contributed by atoms with Crippen molar-refractivity contribution in [3.8, 4) is 5.75 Å². The predicted octanol–water partition coefficient (Wildman–Crippen LogP) is 2.79. The van der Waals surface area contributed by atoms with Gasteiger partial charge in [-0.3, -0.25) is 9.69 Å². The zero-order valence-electron chi connectivity index (χ0n) is 16.5. The van der Waals surface area contributed by atoms with Crippen LogP contribution in [0.1, 0.15) is 32.8 Å². The van der Waals surface area contributed by atoms with Crippen molar-refractivity contribution in [3.05, 3.63) is 29.8 Å². The molecule has 26 heavy (non-hydrogen) atoms. The van der Waals surface area contributed by atoms with Crippen molar-refractivity contribution >= 4 is 5.91 Å². The number of carbonyl (C=O) groups is 1. The number of para-hydroxylation sites is 1. The van der Waals surface area contributed by atoms with Gasteiger partial charge in [-0.1, -0.05) is 18.2 Å². The largest absolute Gasteiger partial charge is 0.491 e. The van der Waals surface area contributed by atoms with Crippen LogP contribution in [-0.4, -0.2) is 61.7 Å². The Morgan fingerprint density at radius 1 is 1.31 bits per heavy atom. The highest BCUT2D eigenvalue weighted by atomic mass is 16.5. The summed E-state index contributed by atoms with van der Waals surface area (Å²) in [6.07, 6.45) is 1.24. The Morgan fingerprint density at radius 3 is 2.77 bits per heavy atom. The fourth-order valence-electron chi connectivity index (χ4n) is 4.50. The van der Waals surface area contributed by atoms with E-state index in [0.717, 1.165) is 51.5 Å². The predicted molar refractivity (Wildman–Crippen MR) is 102 cm³/mol. The zero-order valence-corrected chi connectivity index (χ0v) is 16.5. The van der Waals surface area contributed by atoms with E-state index in [-0.39, 0.29) is 17.4 Å². The van der Waals surface area contributed by atoms with Gasteiger partial charge in [-0.25, -0.2) is 0 Å². The minimum absolute atomic E-state index is 0.116. The number of benzene rings is 1. The van der Waals surface area contributed by atoms with Crippen LogP contribution < -0.4 is 4.74 Å². The molecule has 0 bridgehead atoms. The first-order valence-electron chi connectivity index (χ1n) is 9.65. The fraction of sp³-hybridized carbons (Fsp3) is 0.667. The van der Waals surface area contributed by atoms with Gasteiger partial charge < -0.3 is 14.4 Å². The summed E-state index contributed by atoms with van der Waals surface area (Å²) in [5, 5.41) is 0. The minimum atomic E-state index is 0.116. The van der Waals surface area contributed by atoms with E-state index in [1.807, 2.05) is 11.0 Å². The molecular formula is C21H32N2O3. The third-order valence-corrected chi connectivity index (χ3v) is 5.82. The summed E-state index contributed by atoms with van der Waals surface area (Å²) >= 11 is 0. The van der Waals surface area contributed by atoms with Crippen LogP contribution in [0.3, 0.4) is 0 Å². The van der Waals surface area contributed by atoms with Crippen LogP contribution in [-0.2, 0) is 16.1 Å². The molecule has 2 heterocycles. The van der Waals surface area contributed by atoms with E-state index >= 15 is 0 Å². The lowest BCUT2D eigenvalue weighted by Gasteiger charge is -2.43. The number of amides is 1. The van der Waals surface area contributed by atoms with Gasteiger partial charge in [-0.05, 0) is 38.8 Å². The Morgan fingerprint density at radius 2 is 2.08 bits per heavy atom. The van der Waals surface area contributed by atoms with E-state index in [1.54, 1.807) is 14.0 Å². The van der Waals surface area contributed by atoms with Crippen molar-refractivity contribution in [2.75, 3.05) is 39.9 Å². The second kappa shape index (κ2) is 7.97. The number of nitrogens with zero attached hydrogens (tertiary/aromatic N) is 2. The number of methoxy groups -OCH3 is 1. The second-order valence-electron chi connectivity index (χ2n) is 8.15. The van der Waals surface area contributed by atoms with Crippen LogP contribution in [0.5, 0.6) is 5.75 Å². The SMILES string of the molecule is COCC12CCN(Cc3ccccc3OC(C)C)CC1CN(C(C)=O)C2. The highest BCUT2D eigenvalue weighted by Gasteiger charge is 2.50. The molecule has 2 atom stereocenters. The number of carbonyl (C=O) groups excluding carboxylic acids is 1. The molecule has 0 spiro atoms. The lowest BCUT2D eigenvalue weighted by atomic mass is 9.73. The van der Waals surface area contributed by atoms with Crippen LogP contribution in [0.25, 0.3) is 0 Å². The molecule has 2 aliphatic heterocycles. The number of hydrogen-bond donors (Lipinski definition) is 0. The molecule has 0 aromatic heterocycles. The van der Waals surface area contributed by atoms with Gasteiger partial charge in [0.1, 0.15) is 5.75 Å². The fourth-order valence-corrected chi connectivity index (χ4v) is 4.50. The van der Waals surface area contributed by atoms with Crippen LogP contribution in [0, 0.1) is 11.3 Å². The van der Waals surface area contributed by atoms with E-state index in [9.17, 15) is 4.79 Å². The minimum Gasteiger partial charge on any atom is -0.491 e. The molecule has 1 aromatic carbocycles. The van der Waals surface area contributed by atoms with Gasteiger partial charge in [0, 0.05) is 51.2 Å². The normalized spacial score (nSPS) is 26.2. The number of ether oxygens (including phenoxy) is 2. The molecule has 0 N–H and O–H groups in total. The summed E-state index contributed by atoms with van der Waals surface area (Å²) < 4.78 is 11.5. The van der Waals surface area contributed by atoms with Crippen molar-refractivity contribution in [1.82, 2.24) is 9.80 Å². The number of piperidine rings is 1. The molecule has 1 amide bonds. The summed E-state index contributed by atoms with van der Waals surface area (Å²) in [6.45, 7) is 11.1. The maximum absolute atomic E-state index is 11.9. The molecule has 3 rings (SSSR count). The van der Waals surface area contributed by atoms with Gasteiger partial charge >= 0.3 is 0 Å². The molecule has 1 aromatic rings. The first kappa shape index (κ1) is 19.2. The molecule has 2 unspecified atom stereocenters. The number of hydrogen-bond acceptors (Lipinski definition) is 4. The third kappa shape index (κ3) is 4.04. The van der Waals surface area contributed by atoms with Crippen molar-refractivity contribution in [2.45, 2.75) is 39.8 Å². The Labute approximate surface area is 157 Å². The number of rotatable bonds is 6. The van der Waals surface area contributed by atoms with Gasteiger partial charge in [0.05, 0.1) is 12.7 Å². The molecule has 5 heteroatoms. The topological polar surface area (TPSA) is 42.0 Å². The van der Waals surface area contributed by atoms with Gasteiger partial charge in [-0.15, -0.1) is 0 Å². The van der Waals surface area contributed by atoms with Crippen molar-refractivity contribution in [2.24, 2.45) is 11.3 Å². The maximum Gasteiger partial charge on any atom is 0.219 e. The zero-order chi connectivity index (χ0) is 18.7. The Kier molecular flexibility index (Phi) is 5.88. The average molecular weight is 360 g/mol. The van der Waals surface area contributed by atoms with E-state index in [1.165, 1.54) is 5.56 Å². The molecule has 0 saturated carbocycles. The molecular weight excluding hydrogens is 328 g/mol. The van der Waals surface area contributed by atoms with Crippen LogP contribution in [0.15, 0.2) is 24.3 Å². The Balaban J connectivity index is 1.71. The molecule has 2 aliphatic rings. The lowest BCUT2D eigenvalue weighted by molar-refractivity contribution is -0.128. The summed E-state index contributed by atoms with van der Waals surface area (Å²) in [5.74, 6) is 1.63. The van der Waals surface area contributed by atoms with Crippen molar-refractivity contribution < 1.29 is 14.3 Å². The summed E-state index contributed by atoms with van der Waals surface area (Å²) in [4.78, 5) is 16.4. The third-order valence-electron chi connectivity index (χ3n) is 5.82. The highest BCUT2D eigenvalue weighted by molar-refractivity contribution is 5.73. The summed E-state index contributed by atoms with van der Waals surface area (Å²) in [7, 11) is 1.77. The summed E-state index contributed by atoms with van der Waals surface area (Å²) in [6, 6.07) is 8.32. The quantitative estimate of drug-likeness (QED) is 0.782. The van der Waals surface area contributed by atoms with Crippen molar-refractivity contribution in [1.29, 1.82) is 0 Å². The average Bonchev–Trinajstić information content (AvgIpc) is 2.96. The molecule has 0 aliphatic carbocycles.